The third kappa shape index (κ3) is 4.21. The minimum absolute atomic E-state index is 0.148. The number of nitrogens with zero attached hydrogens (tertiary/aromatic N) is 1. The molecule has 0 unspecified atom stereocenters. The molecule has 1 aromatic heterocycles. The third-order valence-corrected chi connectivity index (χ3v) is 3.10. The number of amides is 1. The summed E-state index contributed by atoms with van der Waals surface area (Å²) in [5.74, 6) is -0.148. The van der Waals surface area contributed by atoms with Gasteiger partial charge in [0.2, 0.25) is 5.91 Å². The smallest absolute Gasteiger partial charge is 0.244 e. The van der Waals surface area contributed by atoms with Crippen LogP contribution >= 0.6 is 11.6 Å². The number of benzene rings is 1. The van der Waals surface area contributed by atoms with Gasteiger partial charge in [0.15, 0.2) is 0 Å². The van der Waals surface area contributed by atoms with Gasteiger partial charge in [-0.25, -0.2) is 0 Å². The predicted molar refractivity (Wildman–Crippen MR) is 81.3 cm³/mol. The molecule has 0 fully saturated rings. The number of nitrogens with one attached hydrogen (secondary N) is 1. The van der Waals surface area contributed by atoms with Crippen LogP contribution in [0.15, 0.2) is 48.7 Å². The van der Waals surface area contributed by atoms with Crippen LogP contribution in [0.4, 0.5) is 0 Å². The van der Waals surface area contributed by atoms with Crippen LogP contribution in [-0.2, 0) is 11.3 Å². The Morgan fingerprint density at radius 2 is 2.05 bits per heavy atom. The van der Waals surface area contributed by atoms with E-state index in [4.69, 9.17) is 11.6 Å². The summed E-state index contributed by atoms with van der Waals surface area (Å²) < 4.78 is 0. The second-order valence-electron chi connectivity index (χ2n) is 4.37. The van der Waals surface area contributed by atoms with Gasteiger partial charge in [0.05, 0.1) is 12.2 Å². The molecule has 0 bridgehead atoms. The van der Waals surface area contributed by atoms with Crippen LogP contribution in [0.2, 0.25) is 5.02 Å². The second kappa shape index (κ2) is 6.87. The van der Waals surface area contributed by atoms with E-state index in [-0.39, 0.29) is 5.91 Å². The van der Waals surface area contributed by atoms with Crippen LogP contribution in [0.1, 0.15) is 16.8 Å². The Bertz CT molecular complexity index is 621. The number of hydrogen-bond acceptors (Lipinski definition) is 2. The highest BCUT2D eigenvalue weighted by Crippen LogP contribution is 2.10. The van der Waals surface area contributed by atoms with Crippen molar-refractivity contribution in [2.24, 2.45) is 0 Å². The molecule has 1 amide bonds. The molecule has 2 aromatic rings. The van der Waals surface area contributed by atoms with Gasteiger partial charge < -0.3 is 5.32 Å². The Hall–Kier alpha value is -2.13. The van der Waals surface area contributed by atoms with Crippen molar-refractivity contribution in [1.29, 1.82) is 0 Å². The molecule has 0 aliphatic carbocycles. The fourth-order valence-electron chi connectivity index (χ4n) is 1.68. The predicted octanol–water partition coefficient (Wildman–Crippen LogP) is 3.37. The SMILES string of the molecule is Cc1cccnc1CNC(=O)/C=C/c1ccc(Cl)cc1. The topological polar surface area (TPSA) is 42.0 Å². The molecule has 1 aromatic carbocycles. The van der Waals surface area contributed by atoms with Crippen molar-refractivity contribution in [3.8, 4) is 0 Å². The number of hydrogen-bond donors (Lipinski definition) is 1. The highest BCUT2D eigenvalue weighted by molar-refractivity contribution is 6.30. The lowest BCUT2D eigenvalue weighted by molar-refractivity contribution is -0.116. The average molecular weight is 287 g/mol. The van der Waals surface area contributed by atoms with E-state index in [1.54, 1.807) is 24.4 Å². The first-order chi connectivity index (χ1) is 9.65. The van der Waals surface area contributed by atoms with Gasteiger partial charge in [-0.1, -0.05) is 29.8 Å². The first-order valence-corrected chi connectivity index (χ1v) is 6.65. The largest absolute Gasteiger partial charge is 0.347 e. The Morgan fingerprint density at radius 3 is 2.75 bits per heavy atom. The molecule has 0 spiro atoms. The summed E-state index contributed by atoms with van der Waals surface area (Å²) >= 11 is 5.80. The number of halogens is 1. The average Bonchev–Trinajstić information content (AvgIpc) is 2.46. The quantitative estimate of drug-likeness (QED) is 0.876. The maximum absolute atomic E-state index is 11.7. The summed E-state index contributed by atoms with van der Waals surface area (Å²) in [5.41, 5.74) is 2.87. The molecule has 3 nitrogen and oxygen atoms in total. The Labute approximate surface area is 123 Å². The molecule has 20 heavy (non-hydrogen) atoms. The third-order valence-electron chi connectivity index (χ3n) is 2.85. The summed E-state index contributed by atoms with van der Waals surface area (Å²) in [4.78, 5) is 15.9. The number of carbonyl (C=O) groups is 1. The van der Waals surface area contributed by atoms with Gasteiger partial charge in [-0.05, 0) is 42.3 Å². The Morgan fingerprint density at radius 1 is 1.30 bits per heavy atom. The minimum Gasteiger partial charge on any atom is -0.347 e. The molecule has 1 heterocycles. The molecule has 0 radical (unpaired) electrons. The zero-order valence-electron chi connectivity index (χ0n) is 11.1. The van der Waals surface area contributed by atoms with Crippen LogP contribution in [0.5, 0.6) is 0 Å². The molecule has 2 rings (SSSR count). The van der Waals surface area contributed by atoms with Gasteiger partial charge in [-0.3, -0.25) is 9.78 Å². The number of rotatable bonds is 4. The fourth-order valence-corrected chi connectivity index (χ4v) is 1.81. The number of aromatic nitrogens is 1. The first-order valence-electron chi connectivity index (χ1n) is 6.27. The summed E-state index contributed by atoms with van der Waals surface area (Å²) in [6.45, 7) is 2.40. The second-order valence-corrected chi connectivity index (χ2v) is 4.81. The Balaban J connectivity index is 1.90. The van der Waals surface area contributed by atoms with Gasteiger partial charge in [-0.2, -0.15) is 0 Å². The molecule has 0 aliphatic heterocycles. The van der Waals surface area contributed by atoms with Crippen molar-refractivity contribution in [3.63, 3.8) is 0 Å². The van der Waals surface area contributed by atoms with E-state index in [0.717, 1.165) is 16.8 Å². The molecule has 102 valence electrons. The van der Waals surface area contributed by atoms with E-state index < -0.39 is 0 Å². The lowest BCUT2D eigenvalue weighted by Gasteiger charge is -2.04. The van der Waals surface area contributed by atoms with Gasteiger partial charge in [0, 0.05) is 17.3 Å². The highest BCUT2D eigenvalue weighted by Gasteiger charge is 2.00. The molecular weight excluding hydrogens is 272 g/mol. The van der Waals surface area contributed by atoms with Crippen molar-refractivity contribution in [3.05, 3.63) is 70.5 Å². The van der Waals surface area contributed by atoms with Crippen molar-refractivity contribution in [1.82, 2.24) is 10.3 Å². The summed E-state index contributed by atoms with van der Waals surface area (Å²) in [7, 11) is 0. The molecule has 1 N–H and O–H groups in total. The maximum Gasteiger partial charge on any atom is 0.244 e. The van der Waals surface area contributed by atoms with Gasteiger partial charge in [-0.15, -0.1) is 0 Å². The fraction of sp³-hybridized carbons (Fsp3) is 0.125. The number of aryl methyl sites for hydroxylation is 1. The number of pyridine rings is 1. The molecule has 4 heteroatoms. The van der Waals surface area contributed by atoms with Crippen molar-refractivity contribution >= 4 is 23.6 Å². The first kappa shape index (κ1) is 14.3. The van der Waals surface area contributed by atoms with Gasteiger partial charge in [0.25, 0.3) is 0 Å². The summed E-state index contributed by atoms with van der Waals surface area (Å²) in [6, 6.07) is 11.1. The minimum atomic E-state index is -0.148. The van der Waals surface area contributed by atoms with E-state index in [1.807, 2.05) is 31.2 Å². The van der Waals surface area contributed by atoms with E-state index in [0.29, 0.717) is 11.6 Å². The monoisotopic (exact) mass is 286 g/mol. The van der Waals surface area contributed by atoms with E-state index in [1.165, 1.54) is 6.08 Å². The van der Waals surface area contributed by atoms with Crippen LogP contribution in [-0.4, -0.2) is 10.9 Å². The molecule has 0 saturated carbocycles. The maximum atomic E-state index is 11.7. The van der Waals surface area contributed by atoms with Gasteiger partial charge >= 0.3 is 0 Å². The van der Waals surface area contributed by atoms with Crippen molar-refractivity contribution in [2.75, 3.05) is 0 Å². The van der Waals surface area contributed by atoms with E-state index >= 15 is 0 Å². The summed E-state index contributed by atoms with van der Waals surface area (Å²) in [6.07, 6.45) is 4.97. The molecule has 0 atom stereocenters. The van der Waals surface area contributed by atoms with Crippen LogP contribution < -0.4 is 5.32 Å². The lowest BCUT2D eigenvalue weighted by Crippen LogP contribution is -2.21. The summed E-state index contributed by atoms with van der Waals surface area (Å²) in [5, 5.41) is 3.49. The zero-order chi connectivity index (χ0) is 14.4. The highest BCUT2D eigenvalue weighted by atomic mass is 35.5. The number of carbonyl (C=O) groups excluding carboxylic acids is 1. The lowest BCUT2D eigenvalue weighted by atomic mass is 10.2. The molecule has 0 aliphatic rings. The van der Waals surface area contributed by atoms with Crippen molar-refractivity contribution < 1.29 is 4.79 Å². The van der Waals surface area contributed by atoms with Crippen molar-refractivity contribution in [2.45, 2.75) is 13.5 Å². The standard InChI is InChI=1S/C16H15ClN2O/c1-12-3-2-10-18-15(12)11-19-16(20)9-6-13-4-7-14(17)8-5-13/h2-10H,11H2,1H3,(H,19,20)/b9-6+. The zero-order valence-corrected chi connectivity index (χ0v) is 11.9. The normalized spacial score (nSPS) is 10.7. The van der Waals surface area contributed by atoms with Gasteiger partial charge in [0.1, 0.15) is 0 Å². The van der Waals surface area contributed by atoms with Crippen LogP contribution in [0.3, 0.4) is 0 Å². The molecular formula is C16H15ClN2O. The van der Waals surface area contributed by atoms with E-state index in [2.05, 4.69) is 10.3 Å². The Kier molecular flexibility index (Phi) is 4.91. The van der Waals surface area contributed by atoms with E-state index in [9.17, 15) is 4.79 Å². The van der Waals surface area contributed by atoms with Crippen LogP contribution in [0.25, 0.3) is 6.08 Å². The van der Waals surface area contributed by atoms with Crippen LogP contribution in [0, 0.1) is 6.92 Å². The molecule has 0 saturated heterocycles.